The molecule has 0 saturated heterocycles. The Morgan fingerprint density at radius 2 is 0.890 bits per heavy atom. The molecule has 15 rings (SSSR count). The molecule has 0 aliphatic carbocycles. The van der Waals surface area contributed by atoms with Crippen molar-refractivity contribution in [2.75, 3.05) is 35.4 Å². The number of benzene rings is 6. The van der Waals surface area contributed by atoms with E-state index in [9.17, 15) is 34.1 Å². The minimum Gasteiger partial charge on any atom is -1.00 e. The molecule has 0 saturated carbocycles. The van der Waals surface area contributed by atoms with Gasteiger partial charge >= 0.3 is 103 Å². The number of furan rings is 3. The number of nitriles is 1. The molecule has 0 atom stereocenters. The number of non-ortho nitro benzene ring substituents is 1. The molecule has 9 aromatic heterocycles. The second kappa shape index (κ2) is 38.1. The summed E-state index contributed by atoms with van der Waals surface area (Å²) in [4.78, 5) is 80.2. The van der Waals surface area contributed by atoms with Crippen LogP contribution in [0.1, 0.15) is 25.0 Å². The van der Waals surface area contributed by atoms with Gasteiger partial charge in [-0.2, -0.15) is 35.9 Å². The zero-order chi connectivity index (χ0) is 77.8. The number of hydrogen-bond acceptors (Lipinski definition) is 25. The molecule has 33 nitrogen and oxygen atoms in total. The first kappa shape index (κ1) is 85.8. The van der Waals surface area contributed by atoms with Gasteiger partial charge in [0.25, 0.3) is 28.8 Å². The van der Waals surface area contributed by atoms with Gasteiger partial charge in [-0.15, -0.1) is 0 Å². The number of amides is 1. The van der Waals surface area contributed by atoms with Crippen molar-refractivity contribution in [2.45, 2.75) is 27.7 Å². The van der Waals surface area contributed by atoms with Gasteiger partial charge in [-0.3, -0.25) is 38.9 Å². The summed E-state index contributed by atoms with van der Waals surface area (Å²) < 4.78 is 23.1. The molecule has 0 fully saturated rings. The molecule has 0 unspecified atom stereocenters. The van der Waals surface area contributed by atoms with Crippen LogP contribution in [0.3, 0.4) is 0 Å². The first-order valence-corrected chi connectivity index (χ1v) is 32.1. The van der Waals surface area contributed by atoms with E-state index in [2.05, 4.69) is 69.3 Å². The van der Waals surface area contributed by atoms with Crippen molar-refractivity contribution < 1.29 is 152 Å². The van der Waals surface area contributed by atoms with Gasteiger partial charge in [-0.25, -0.2) is 29.3 Å². The Labute approximate surface area is 719 Å². The number of aliphatic hydroxyl groups excluding tert-OH is 1. The smallest absolute Gasteiger partial charge is 1.00 e. The largest absolute Gasteiger partial charge is 1.00 e. The molecule has 0 spiro atoms. The van der Waals surface area contributed by atoms with Crippen LogP contribution in [0.25, 0.3) is 117 Å². The molecule has 0 aliphatic heterocycles. The number of aromatic nitrogens is 12. The molecule has 6 aromatic carbocycles. The second-order valence-electron chi connectivity index (χ2n) is 21.9. The molecule has 546 valence electrons. The quantitative estimate of drug-likeness (QED) is 0.0114. The van der Waals surface area contributed by atoms with Crippen LogP contribution >= 0.6 is 46.4 Å². The molecule has 39 heteroatoms. The number of anilines is 5. The Morgan fingerprint density at radius 3 is 1.17 bits per heavy atom. The number of aromatic amines is 3. The van der Waals surface area contributed by atoms with E-state index in [4.69, 9.17) is 103 Å². The predicted octanol–water partition coefficient (Wildman–Crippen LogP) is 5.44. The summed E-state index contributed by atoms with van der Waals surface area (Å²) in [7, 11) is 1.00. The third kappa shape index (κ3) is 18.6. The summed E-state index contributed by atoms with van der Waals surface area (Å²) in [6.07, 6.45) is 2.23. The van der Waals surface area contributed by atoms with Gasteiger partial charge in [0.05, 0.1) is 44.2 Å². The number of nitrogens with one attached hydrogen (secondary N) is 4. The molecule has 0 bridgehead atoms. The Bertz CT molecular complexity index is 6190. The van der Waals surface area contributed by atoms with Crippen LogP contribution in [0.5, 0.6) is 0 Å². The number of nitrogens with two attached hydrogens (primary N) is 4. The van der Waals surface area contributed by atoms with E-state index in [1.807, 2.05) is 32.9 Å². The molecule has 13 N–H and O–H groups in total. The van der Waals surface area contributed by atoms with Crippen molar-refractivity contribution in [2.24, 2.45) is 0 Å². The van der Waals surface area contributed by atoms with Gasteiger partial charge in [0.2, 0.25) is 11.1 Å². The van der Waals surface area contributed by atoms with Gasteiger partial charge < -0.3 is 58.2 Å². The number of nitrogen functional groups attached to an aromatic ring is 4. The van der Waals surface area contributed by atoms with Crippen LogP contribution in [-0.2, 0) is 19.3 Å². The van der Waals surface area contributed by atoms with Crippen LogP contribution in [-0.4, -0.2) is 94.7 Å². The van der Waals surface area contributed by atoms with Crippen molar-refractivity contribution in [1.29, 1.82) is 5.26 Å². The van der Waals surface area contributed by atoms with Gasteiger partial charge in [0.1, 0.15) is 33.8 Å². The molecule has 1 amide bonds. The number of hydrogen-bond donors (Lipinski definition) is 9. The normalized spacial score (nSPS) is 10.3. The molecular formula is C70H57Cl4K2N19O14. The summed E-state index contributed by atoms with van der Waals surface area (Å²) in [6, 6.07) is 37.5. The fraction of sp³-hybridized carbons (Fsp3) is 0.0714. The number of fused-ring (bicyclic) bond motifs is 6. The first-order valence-electron chi connectivity index (χ1n) is 30.6. The molecule has 0 radical (unpaired) electrons. The van der Waals surface area contributed by atoms with E-state index in [-0.39, 0.29) is 156 Å². The third-order valence-electron chi connectivity index (χ3n) is 15.5. The maximum absolute atomic E-state index is 12.5. The Kier molecular flexibility index (Phi) is 29.9. The summed E-state index contributed by atoms with van der Waals surface area (Å²) in [5.74, 6) is 1.44. The average molecular weight is 1610 g/mol. The molecular weight excluding hydrogens is 1550 g/mol. The molecule has 15 aromatic rings. The average Bonchev–Trinajstić information content (AvgIpc) is 1.59. The minimum absolute atomic E-state index is 0. The maximum atomic E-state index is 12.5. The van der Waals surface area contributed by atoms with Gasteiger partial charge in [0, 0.05) is 85.5 Å². The molecule has 9 heterocycles. The van der Waals surface area contributed by atoms with Crippen molar-refractivity contribution in [3.8, 4) is 57.5 Å². The number of rotatable bonds is 11. The van der Waals surface area contributed by atoms with Crippen LogP contribution in [0, 0.1) is 42.2 Å². The summed E-state index contributed by atoms with van der Waals surface area (Å²) >= 11 is 23.2. The van der Waals surface area contributed by atoms with E-state index in [0.717, 1.165) is 46.0 Å². The van der Waals surface area contributed by atoms with Gasteiger partial charge in [0.15, 0.2) is 51.3 Å². The monoisotopic (exact) mass is 1610 g/mol. The van der Waals surface area contributed by atoms with E-state index < -0.39 is 26.8 Å². The van der Waals surface area contributed by atoms with E-state index in [0.29, 0.717) is 111 Å². The second-order valence-corrected chi connectivity index (χ2v) is 23.6. The van der Waals surface area contributed by atoms with E-state index >= 15 is 0 Å². The van der Waals surface area contributed by atoms with Crippen molar-refractivity contribution in [3.05, 3.63) is 226 Å². The van der Waals surface area contributed by atoms with Crippen LogP contribution in [0.15, 0.2) is 180 Å². The fourth-order valence-corrected chi connectivity index (χ4v) is 11.3. The number of nitro groups is 1. The van der Waals surface area contributed by atoms with Gasteiger partial charge in [-0.05, 0) is 160 Å². The summed E-state index contributed by atoms with van der Waals surface area (Å²) in [5.41, 5.74) is 31.8. The number of allylic oxidation sites excluding steroid dienone is 1. The maximum Gasteiger partial charge on any atom is 1.00 e. The standard InChI is InChI=1S/C23H17ClN6O3.C20H13ClN6O4.C20H15ClN6O2.C3H3ClO.C2H3N.CH2O3.CH4O.2K.H/c1-3-17(31)26-13-5-7-14(8-6-13)30-20(18-19(29-30)23(32)28-27-22(18)25)21-11(2)15-10-12(24)4-9-16(15)33-21;1-9-13-8-10(21)2-7-14(13)31-18(9)17-15-16(20(28)24-23-19(15)22)25-26(17)11-3-5-12(6-4-11)27(29)30;1-9-13-8-10(21)2-7-14(13)29-18(9)17-15-16(20(28)25-24-19(15)23)26-27(17)12-5-3-11(22)4-6-12;1-2-3(4)5;1-2-3;2-1-4-3;1-2;;;/h3-10H,1H2,2H3,(H2,25,27)(H,26,31)(H,28,32);2-8H,1H3,(H2,22,23)(H,24,28);2-8H,22H2,1H3,(H2,23,24)(H,25,28);2H,1H2;1H3;1,3H;2H,1H3;;;/q;;;;;;;2*+1;-1/p-1. The van der Waals surface area contributed by atoms with Crippen LogP contribution < -0.4 is 153 Å². The van der Waals surface area contributed by atoms with E-state index in [1.165, 1.54) is 41.9 Å². The third-order valence-corrected chi connectivity index (χ3v) is 16.3. The zero-order valence-electron chi connectivity index (χ0n) is 59.3. The number of aliphatic hydroxyl groups is 1. The van der Waals surface area contributed by atoms with Crippen molar-refractivity contribution >= 4 is 164 Å². The van der Waals surface area contributed by atoms with Crippen molar-refractivity contribution in [1.82, 2.24) is 59.9 Å². The number of nitrogens with zero attached hydrogens (tertiary/aromatic N) is 11. The number of carbonyl (C=O) groups excluding carboxylic acids is 3. The summed E-state index contributed by atoms with van der Waals surface area (Å²) in [5, 5.41) is 73.5. The van der Waals surface area contributed by atoms with Crippen molar-refractivity contribution in [3.63, 3.8) is 0 Å². The van der Waals surface area contributed by atoms with Gasteiger partial charge in [-0.1, -0.05) is 48.0 Å². The Morgan fingerprint density at radius 1 is 0.596 bits per heavy atom. The number of nitro benzene ring substituents is 1. The van der Waals surface area contributed by atoms with E-state index in [1.54, 1.807) is 106 Å². The SMILES string of the molecule is C=CC(=O)Cl.C=CC(=O)Nc1ccc(-n2nc3c(=O)[nH]nc(N)c3c2-c2oc3ccc(Cl)cc3c2C)cc1.CC#N.CO.Cc1c(-c2c3c(N)n[nH]c(=O)c3nn2-c2ccc(N)cc2)oc2ccc(Cl)cc12.Cc1c(-c2c3c(N)n[nH]c(=O)c3nn2-c2ccc([N+](=O)[O-])cc2)oc2ccc(Cl)cc12.O=CO[O-].[H-].[K+].[K+]. The number of aryl methyl sites for hydroxylation is 3. The Hall–Kier alpha value is -10.5. The number of carbonyl (C=O) groups is 3. The van der Waals surface area contributed by atoms with Crippen LogP contribution in [0.4, 0.5) is 34.5 Å². The van der Waals surface area contributed by atoms with Crippen LogP contribution in [0.2, 0.25) is 15.1 Å². The molecule has 109 heavy (non-hydrogen) atoms. The number of H-pyrrole nitrogens is 3. The topological polar surface area (TPSA) is 517 Å². The fourth-order valence-electron chi connectivity index (χ4n) is 10.8. The number of halogens is 4. The minimum atomic E-state index is -0.525. The summed E-state index contributed by atoms with van der Waals surface area (Å²) in [6.45, 7) is 13.4. The predicted molar refractivity (Wildman–Crippen MR) is 405 cm³/mol. The first-order chi connectivity index (χ1) is 51.2. The Balaban J connectivity index is 0.000000234. The zero-order valence-corrected chi connectivity index (χ0v) is 67.5. The molecule has 0 aliphatic rings.